The fraction of sp³-hybridized carbons (Fsp3) is 1.00. The third kappa shape index (κ3) is 1.30. The molecule has 1 aliphatic carbocycles. The lowest BCUT2D eigenvalue weighted by atomic mass is 9.92. The van der Waals surface area contributed by atoms with Gasteiger partial charge in [-0.2, -0.15) is 0 Å². The second kappa shape index (κ2) is 2.48. The van der Waals surface area contributed by atoms with Crippen LogP contribution >= 0.6 is 0 Å². The molecule has 0 aromatic rings. The lowest BCUT2D eigenvalue weighted by molar-refractivity contribution is -0.0525. The van der Waals surface area contributed by atoms with Crippen molar-refractivity contribution in [1.29, 1.82) is 0 Å². The Morgan fingerprint density at radius 2 is 2.00 bits per heavy atom. The highest BCUT2D eigenvalue weighted by atomic mass is 19.3. The van der Waals surface area contributed by atoms with E-state index < -0.39 is 5.92 Å². The third-order valence-corrected chi connectivity index (χ3v) is 2.37. The van der Waals surface area contributed by atoms with E-state index in [1.165, 1.54) is 0 Å². The number of hydrogen-bond acceptors (Lipinski definition) is 0. The fourth-order valence-electron chi connectivity index (χ4n) is 1.78. The maximum Gasteiger partial charge on any atom is 0.251 e. The summed E-state index contributed by atoms with van der Waals surface area (Å²) in [6.45, 7) is 3.76. The van der Waals surface area contributed by atoms with Crippen LogP contribution in [0, 0.1) is 11.8 Å². The molecule has 1 unspecified atom stereocenters. The predicted molar refractivity (Wildman–Crippen MR) is 37.1 cm³/mol. The van der Waals surface area contributed by atoms with Crippen molar-refractivity contribution in [3.63, 3.8) is 0 Å². The molecular formula is C8H14F2. The summed E-state index contributed by atoms with van der Waals surface area (Å²) in [6.07, 6.45) is 1.52. The molecule has 1 fully saturated rings. The Bertz CT molecular complexity index is 118. The number of alkyl halides is 2. The summed E-state index contributed by atoms with van der Waals surface area (Å²) in [6, 6.07) is 0. The van der Waals surface area contributed by atoms with Crippen molar-refractivity contribution in [2.24, 2.45) is 11.8 Å². The van der Waals surface area contributed by atoms with Gasteiger partial charge in [-0.3, -0.25) is 0 Å². The first kappa shape index (κ1) is 7.96. The Balaban J connectivity index is 2.59. The Morgan fingerprint density at radius 3 is 2.20 bits per heavy atom. The molecular weight excluding hydrogens is 134 g/mol. The van der Waals surface area contributed by atoms with Crippen LogP contribution < -0.4 is 0 Å². The van der Waals surface area contributed by atoms with Gasteiger partial charge in [0.15, 0.2) is 0 Å². The van der Waals surface area contributed by atoms with Crippen LogP contribution in [-0.4, -0.2) is 5.92 Å². The highest BCUT2D eigenvalue weighted by Gasteiger charge is 2.44. The van der Waals surface area contributed by atoms with Gasteiger partial charge in [-0.1, -0.05) is 13.8 Å². The van der Waals surface area contributed by atoms with Crippen LogP contribution in [0.2, 0.25) is 0 Å². The Morgan fingerprint density at radius 1 is 1.40 bits per heavy atom. The minimum absolute atomic E-state index is 0.107. The summed E-state index contributed by atoms with van der Waals surface area (Å²) in [5.41, 5.74) is 0. The largest absolute Gasteiger partial charge is 0.251 e. The molecule has 2 heteroatoms. The van der Waals surface area contributed by atoms with Gasteiger partial charge in [0.1, 0.15) is 0 Å². The van der Waals surface area contributed by atoms with Crippen LogP contribution in [0.5, 0.6) is 0 Å². The summed E-state index contributed by atoms with van der Waals surface area (Å²) in [5.74, 6) is -2.58. The van der Waals surface area contributed by atoms with Gasteiger partial charge in [0.2, 0.25) is 0 Å². The number of rotatable bonds is 1. The molecule has 0 aliphatic heterocycles. The molecule has 60 valence electrons. The van der Waals surface area contributed by atoms with Crippen molar-refractivity contribution < 1.29 is 8.78 Å². The van der Waals surface area contributed by atoms with E-state index in [0.29, 0.717) is 12.8 Å². The van der Waals surface area contributed by atoms with E-state index in [1.54, 1.807) is 0 Å². The van der Waals surface area contributed by atoms with Crippen LogP contribution in [0.25, 0.3) is 0 Å². The van der Waals surface area contributed by atoms with E-state index in [-0.39, 0.29) is 18.3 Å². The number of hydrogen-bond donors (Lipinski definition) is 0. The van der Waals surface area contributed by atoms with Gasteiger partial charge in [-0.25, -0.2) is 8.78 Å². The van der Waals surface area contributed by atoms with Crippen molar-refractivity contribution in [2.45, 2.75) is 39.0 Å². The maximum absolute atomic E-state index is 12.9. The van der Waals surface area contributed by atoms with E-state index in [9.17, 15) is 8.78 Å². The molecule has 0 heterocycles. The topological polar surface area (TPSA) is 0 Å². The highest BCUT2D eigenvalue weighted by molar-refractivity contribution is 4.85. The number of halogens is 2. The fourth-order valence-corrected chi connectivity index (χ4v) is 1.78. The lowest BCUT2D eigenvalue weighted by Gasteiger charge is -2.21. The van der Waals surface area contributed by atoms with Crippen molar-refractivity contribution in [3.8, 4) is 0 Å². The molecule has 0 spiro atoms. The van der Waals surface area contributed by atoms with Crippen LogP contribution in [0.4, 0.5) is 8.78 Å². The van der Waals surface area contributed by atoms with Crippen molar-refractivity contribution >= 4 is 0 Å². The van der Waals surface area contributed by atoms with Gasteiger partial charge >= 0.3 is 0 Å². The van der Waals surface area contributed by atoms with Gasteiger partial charge in [-0.05, 0) is 18.8 Å². The van der Waals surface area contributed by atoms with Crippen molar-refractivity contribution in [3.05, 3.63) is 0 Å². The molecule has 0 N–H and O–H groups in total. The summed E-state index contributed by atoms with van der Waals surface area (Å²) < 4.78 is 25.7. The van der Waals surface area contributed by atoms with E-state index in [4.69, 9.17) is 0 Å². The summed E-state index contributed by atoms with van der Waals surface area (Å²) >= 11 is 0. The molecule has 0 bridgehead atoms. The van der Waals surface area contributed by atoms with Crippen LogP contribution in [0.3, 0.4) is 0 Å². The zero-order valence-electron chi connectivity index (χ0n) is 6.53. The molecule has 0 nitrogen and oxygen atoms in total. The first-order chi connectivity index (χ1) is 4.54. The Hall–Kier alpha value is -0.140. The Labute approximate surface area is 60.6 Å². The highest BCUT2D eigenvalue weighted by Crippen LogP contribution is 2.43. The minimum atomic E-state index is -2.37. The zero-order valence-corrected chi connectivity index (χ0v) is 6.53. The van der Waals surface area contributed by atoms with Gasteiger partial charge in [0, 0.05) is 12.3 Å². The molecule has 0 aromatic carbocycles. The van der Waals surface area contributed by atoms with Gasteiger partial charge in [0.05, 0.1) is 0 Å². The van der Waals surface area contributed by atoms with E-state index >= 15 is 0 Å². The molecule has 0 aromatic heterocycles. The van der Waals surface area contributed by atoms with Crippen LogP contribution in [-0.2, 0) is 0 Å². The molecule has 1 saturated carbocycles. The molecule has 0 amide bonds. The summed E-state index contributed by atoms with van der Waals surface area (Å²) in [5, 5.41) is 0. The minimum Gasteiger partial charge on any atom is -0.207 e. The van der Waals surface area contributed by atoms with Crippen LogP contribution in [0.1, 0.15) is 33.1 Å². The van der Waals surface area contributed by atoms with E-state index in [2.05, 4.69) is 0 Å². The van der Waals surface area contributed by atoms with Gasteiger partial charge < -0.3 is 0 Å². The van der Waals surface area contributed by atoms with Crippen molar-refractivity contribution in [1.82, 2.24) is 0 Å². The van der Waals surface area contributed by atoms with Gasteiger partial charge in [0.25, 0.3) is 5.92 Å². The Kier molecular flexibility index (Phi) is 1.97. The predicted octanol–water partition coefficient (Wildman–Crippen LogP) is 3.08. The van der Waals surface area contributed by atoms with Crippen molar-refractivity contribution in [2.75, 3.05) is 0 Å². The lowest BCUT2D eigenvalue weighted by Crippen LogP contribution is -2.25. The molecule has 1 atom stereocenters. The average molecular weight is 148 g/mol. The first-order valence-corrected chi connectivity index (χ1v) is 3.92. The summed E-state index contributed by atoms with van der Waals surface area (Å²) in [7, 11) is 0. The SMILES string of the molecule is CC(C)C1CCCC1(F)F. The standard InChI is InChI=1S/C8H14F2/c1-6(2)7-4-3-5-8(7,9)10/h6-7H,3-5H2,1-2H3. The maximum atomic E-state index is 12.9. The summed E-state index contributed by atoms with van der Waals surface area (Å²) in [4.78, 5) is 0. The van der Waals surface area contributed by atoms with Gasteiger partial charge in [-0.15, -0.1) is 0 Å². The van der Waals surface area contributed by atoms with E-state index in [1.807, 2.05) is 13.8 Å². The molecule has 1 aliphatic rings. The smallest absolute Gasteiger partial charge is 0.207 e. The normalized spacial score (nSPS) is 31.5. The first-order valence-electron chi connectivity index (χ1n) is 3.92. The third-order valence-electron chi connectivity index (χ3n) is 2.37. The molecule has 0 radical (unpaired) electrons. The second-order valence-electron chi connectivity index (χ2n) is 3.50. The molecule has 1 rings (SSSR count). The molecule has 10 heavy (non-hydrogen) atoms. The monoisotopic (exact) mass is 148 g/mol. The molecule has 0 saturated heterocycles. The van der Waals surface area contributed by atoms with Crippen LogP contribution in [0.15, 0.2) is 0 Å². The quantitative estimate of drug-likeness (QED) is 0.536. The second-order valence-corrected chi connectivity index (χ2v) is 3.50. The average Bonchev–Trinajstić information content (AvgIpc) is 2.08. The van der Waals surface area contributed by atoms with E-state index in [0.717, 1.165) is 0 Å². The zero-order chi connectivity index (χ0) is 7.78.